The van der Waals surface area contributed by atoms with Crippen molar-refractivity contribution in [1.29, 1.82) is 0 Å². The lowest BCUT2D eigenvalue weighted by Crippen LogP contribution is -2.39. The van der Waals surface area contributed by atoms with Crippen molar-refractivity contribution >= 4 is 0 Å². The van der Waals surface area contributed by atoms with Gasteiger partial charge in [0, 0.05) is 0 Å². The van der Waals surface area contributed by atoms with E-state index in [0.29, 0.717) is 0 Å². The maximum absolute atomic E-state index is 3.68. The molecule has 0 heterocycles. The Morgan fingerprint density at radius 3 is 1.55 bits per heavy atom. The van der Waals surface area contributed by atoms with Crippen LogP contribution in [0.4, 0.5) is 0 Å². The van der Waals surface area contributed by atoms with Crippen LogP contribution in [0.3, 0.4) is 0 Å². The molecule has 0 amide bonds. The molecule has 0 unspecified atom stereocenters. The zero-order chi connectivity index (χ0) is 7.33. The van der Waals surface area contributed by atoms with E-state index in [1.54, 1.807) is 0 Å². The van der Waals surface area contributed by atoms with Crippen LogP contribution in [0.15, 0.2) is 25.3 Å². The fourth-order valence-electron chi connectivity index (χ4n) is 0.774. The molecule has 3 nitrogen and oxygen atoms in total. The van der Waals surface area contributed by atoms with Crippen molar-refractivity contribution in [3.8, 4) is 0 Å². The molecule has 0 saturated carbocycles. The van der Waals surface area contributed by atoms with Gasteiger partial charge in [-0.1, -0.05) is 13.2 Å². The smallest absolute Gasteiger partial charge is 0.0969 e. The molecule has 0 atom stereocenters. The summed E-state index contributed by atoms with van der Waals surface area (Å²) < 4.78 is 0.951. The summed E-state index contributed by atoms with van der Waals surface area (Å²) in [6.45, 7) is 9.37. The van der Waals surface area contributed by atoms with Gasteiger partial charge in [0.15, 0.2) is 0 Å². The van der Waals surface area contributed by atoms with Gasteiger partial charge in [-0.25, -0.2) is 0 Å². The average Bonchev–Trinajstić information content (AvgIpc) is 1.64. The summed E-state index contributed by atoms with van der Waals surface area (Å²) in [5, 5.41) is 0. The third-order valence-electron chi connectivity index (χ3n) is 1.25. The molecule has 0 aliphatic rings. The van der Waals surface area contributed by atoms with Crippen molar-refractivity contribution in [2.24, 2.45) is 0 Å². The van der Waals surface area contributed by atoms with Gasteiger partial charge in [0.05, 0.1) is 27.2 Å². The van der Waals surface area contributed by atoms with Crippen LogP contribution >= 0.6 is 0 Å². The SMILES string of the molecule is C=CC[N+](C)(C)CC=C.O.[OH-]. The summed E-state index contributed by atoms with van der Waals surface area (Å²) in [6.07, 6.45) is 3.87. The molecule has 3 heteroatoms. The van der Waals surface area contributed by atoms with Crippen LogP contribution in [0.2, 0.25) is 0 Å². The fraction of sp³-hybridized carbons (Fsp3) is 0.500. The van der Waals surface area contributed by atoms with Gasteiger partial charge in [0.2, 0.25) is 0 Å². The van der Waals surface area contributed by atoms with Crippen molar-refractivity contribution in [2.75, 3.05) is 27.2 Å². The topological polar surface area (TPSA) is 61.5 Å². The number of quaternary nitrogens is 1. The molecule has 0 saturated heterocycles. The maximum Gasteiger partial charge on any atom is 0.0969 e. The van der Waals surface area contributed by atoms with E-state index in [0.717, 1.165) is 17.6 Å². The first-order chi connectivity index (χ1) is 4.12. The molecule has 0 aliphatic carbocycles. The Bertz CT molecular complexity index is 98.7. The summed E-state index contributed by atoms with van der Waals surface area (Å²) in [6, 6.07) is 0. The highest BCUT2D eigenvalue weighted by Crippen LogP contribution is 1.95. The normalized spacial score (nSPS) is 8.91. The second kappa shape index (κ2) is 7.47. The summed E-state index contributed by atoms with van der Waals surface area (Å²) in [7, 11) is 4.31. The van der Waals surface area contributed by atoms with Crippen LogP contribution in [0.1, 0.15) is 0 Å². The van der Waals surface area contributed by atoms with Crippen LogP contribution in [-0.4, -0.2) is 42.6 Å². The lowest BCUT2D eigenvalue weighted by atomic mass is 10.4. The average molecular weight is 161 g/mol. The predicted molar refractivity (Wildman–Crippen MR) is 47.8 cm³/mol. The van der Waals surface area contributed by atoms with Crippen molar-refractivity contribution in [3.63, 3.8) is 0 Å². The lowest BCUT2D eigenvalue weighted by Gasteiger charge is -2.26. The van der Waals surface area contributed by atoms with Crippen molar-refractivity contribution in [1.82, 2.24) is 0 Å². The zero-order valence-corrected chi connectivity index (χ0v) is 7.38. The molecule has 0 rings (SSSR count). The molecule has 0 aliphatic heterocycles. The van der Waals surface area contributed by atoms with Gasteiger partial charge in [-0.2, -0.15) is 0 Å². The van der Waals surface area contributed by atoms with Crippen LogP contribution < -0.4 is 0 Å². The maximum atomic E-state index is 3.68. The Hall–Kier alpha value is -0.640. The highest BCUT2D eigenvalue weighted by molar-refractivity contribution is 4.69. The minimum absolute atomic E-state index is 0. The van der Waals surface area contributed by atoms with Crippen molar-refractivity contribution in [3.05, 3.63) is 25.3 Å². The largest absolute Gasteiger partial charge is 0.870 e. The van der Waals surface area contributed by atoms with Gasteiger partial charge < -0.3 is 15.4 Å². The van der Waals surface area contributed by atoms with E-state index in [9.17, 15) is 0 Å². The second-order valence-electron chi connectivity index (χ2n) is 2.88. The fourth-order valence-corrected chi connectivity index (χ4v) is 0.774. The van der Waals surface area contributed by atoms with Gasteiger partial charge in [-0.05, 0) is 12.2 Å². The van der Waals surface area contributed by atoms with Gasteiger partial charge in [-0.15, -0.1) is 0 Å². The number of likely N-dealkylation sites (N-methyl/N-ethyl adjacent to an activating group) is 1. The van der Waals surface area contributed by atoms with Gasteiger partial charge in [-0.3, -0.25) is 0 Å². The molecule has 0 aromatic carbocycles. The molecule has 3 N–H and O–H groups in total. The molecular weight excluding hydrogens is 142 g/mol. The molecule has 0 radical (unpaired) electrons. The predicted octanol–water partition coefficient (Wildman–Crippen LogP) is 0.433. The Balaban J connectivity index is -0.000000320. The molecule has 0 aromatic heterocycles. The van der Waals surface area contributed by atoms with Gasteiger partial charge in [0.25, 0.3) is 0 Å². The molecule has 11 heavy (non-hydrogen) atoms. The Labute approximate surface area is 68.8 Å². The molecule has 0 spiro atoms. The summed E-state index contributed by atoms with van der Waals surface area (Å²) >= 11 is 0. The van der Waals surface area contributed by atoms with E-state index < -0.39 is 0 Å². The molecule has 0 aromatic rings. The Morgan fingerprint density at radius 2 is 1.36 bits per heavy atom. The molecule has 0 fully saturated rings. The molecule has 0 bridgehead atoms. The number of hydrogen-bond donors (Lipinski definition) is 0. The van der Waals surface area contributed by atoms with E-state index in [2.05, 4.69) is 27.3 Å². The quantitative estimate of drug-likeness (QED) is 0.435. The summed E-state index contributed by atoms with van der Waals surface area (Å²) in [5.41, 5.74) is 0. The third-order valence-corrected chi connectivity index (χ3v) is 1.25. The first-order valence-corrected chi connectivity index (χ1v) is 3.16. The number of nitrogens with zero attached hydrogens (tertiary/aromatic N) is 1. The number of hydrogen-bond acceptors (Lipinski definition) is 1. The van der Waals surface area contributed by atoms with Crippen LogP contribution in [0.5, 0.6) is 0 Å². The zero-order valence-electron chi connectivity index (χ0n) is 7.38. The highest BCUT2D eigenvalue weighted by Gasteiger charge is 2.07. The standard InChI is InChI=1S/C8H16N.2H2O/c1-5-7-9(3,4)8-6-2;;/h5-6H,1-2,7-8H2,3-4H3;2*1H2/q+1;;/p-1. The van der Waals surface area contributed by atoms with Crippen LogP contribution in [0, 0.1) is 0 Å². The minimum Gasteiger partial charge on any atom is -0.870 e. The second-order valence-corrected chi connectivity index (χ2v) is 2.88. The van der Waals surface area contributed by atoms with Crippen LogP contribution in [0.25, 0.3) is 0 Å². The monoisotopic (exact) mass is 161 g/mol. The van der Waals surface area contributed by atoms with Crippen molar-refractivity contribution in [2.45, 2.75) is 0 Å². The summed E-state index contributed by atoms with van der Waals surface area (Å²) in [5.74, 6) is 0. The molecular formula is C8H19NO2. The lowest BCUT2D eigenvalue weighted by molar-refractivity contribution is -0.878. The Kier molecular flexibility index (Phi) is 11.4. The first kappa shape index (κ1) is 16.8. The molecule has 68 valence electrons. The van der Waals surface area contributed by atoms with E-state index in [-0.39, 0.29) is 11.0 Å². The minimum atomic E-state index is 0. The Morgan fingerprint density at radius 1 is 1.09 bits per heavy atom. The third kappa shape index (κ3) is 9.36. The van der Waals surface area contributed by atoms with Gasteiger partial charge >= 0.3 is 0 Å². The van der Waals surface area contributed by atoms with E-state index in [1.807, 2.05) is 12.2 Å². The first-order valence-electron chi connectivity index (χ1n) is 3.16. The van der Waals surface area contributed by atoms with Gasteiger partial charge in [0.1, 0.15) is 0 Å². The van der Waals surface area contributed by atoms with E-state index >= 15 is 0 Å². The summed E-state index contributed by atoms with van der Waals surface area (Å²) in [4.78, 5) is 0. The van der Waals surface area contributed by atoms with Crippen LogP contribution in [-0.2, 0) is 0 Å². The van der Waals surface area contributed by atoms with Crippen molar-refractivity contribution < 1.29 is 15.4 Å². The van der Waals surface area contributed by atoms with E-state index in [1.165, 1.54) is 0 Å². The van der Waals surface area contributed by atoms with E-state index in [4.69, 9.17) is 0 Å². The highest BCUT2D eigenvalue weighted by atomic mass is 16.0. The number of rotatable bonds is 4.